The van der Waals surface area contributed by atoms with Gasteiger partial charge >= 0.3 is 0 Å². The number of aromatic nitrogens is 4. The summed E-state index contributed by atoms with van der Waals surface area (Å²) in [5, 5.41) is 4.52. The number of imidazole rings is 1. The highest BCUT2D eigenvalue weighted by molar-refractivity contribution is 5.77. The van der Waals surface area contributed by atoms with E-state index in [1.54, 1.807) is 0 Å². The maximum Gasteiger partial charge on any atom is 0.223 e. The molecule has 0 unspecified atom stereocenters. The van der Waals surface area contributed by atoms with Crippen molar-refractivity contribution in [2.75, 3.05) is 6.54 Å². The minimum absolute atomic E-state index is 0.196. The van der Waals surface area contributed by atoms with Crippen molar-refractivity contribution in [3.8, 4) is 0 Å². The molecular weight excluding hydrogens is 302 g/mol. The van der Waals surface area contributed by atoms with Crippen molar-refractivity contribution in [3.63, 3.8) is 0 Å². The van der Waals surface area contributed by atoms with Gasteiger partial charge in [-0.3, -0.25) is 9.48 Å². The molecule has 3 rings (SSSR count). The fraction of sp³-hybridized carbons (Fsp3) is 0.611. The first-order valence-corrected chi connectivity index (χ1v) is 8.76. The maximum absolute atomic E-state index is 12.7. The van der Waals surface area contributed by atoms with Crippen LogP contribution in [-0.4, -0.2) is 36.7 Å². The Morgan fingerprint density at radius 1 is 1.33 bits per heavy atom. The van der Waals surface area contributed by atoms with Crippen LogP contribution in [0.4, 0.5) is 0 Å². The predicted molar refractivity (Wildman–Crippen MR) is 92.6 cm³/mol. The molecule has 24 heavy (non-hydrogen) atoms. The molecule has 6 nitrogen and oxygen atoms in total. The van der Waals surface area contributed by atoms with Gasteiger partial charge in [0.1, 0.15) is 5.82 Å². The second-order valence-corrected chi connectivity index (χ2v) is 6.72. The summed E-state index contributed by atoms with van der Waals surface area (Å²) in [7, 11) is 1.97. The number of hydrogen-bond donors (Lipinski definition) is 0. The maximum atomic E-state index is 12.7. The molecule has 1 aliphatic rings. The molecule has 0 N–H and O–H groups in total. The van der Waals surface area contributed by atoms with Gasteiger partial charge in [-0.25, -0.2) is 4.98 Å². The van der Waals surface area contributed by atoms with Gasteiger partial charge < -0.3 is 9.47 Å². The molecular formula is C18H27N5O. The molecule has 2 aromatic rings. The van der Waals surface area contributed by atoms with E-state index in [2.05, 4.69) is 26.5 Å². The zero-order chi connectivity index (χ0) is 17.3. The van der Waals surface area contributed by atoms with Crippen LogP contribution >= 0.6 is 0 Å². The predicted octanol–water partition coefficient (Wildman–Crippen LogP) is 2.69. The standard InChI is InChI=1S/C18H27N5O/c1-13-18(14(2)21(4)20-13)16-7-5-11-23(16)17(24)8-6-10-22-12-9-19-15(22)3/h9,12,16H,5-8,10-11H2,1-4H3/t16-/m0/s1. The number of carbonyl (C=O) groups is 1. The van der Waals surface area contributed by atoms with E-state index in [-0.39, 0.29) is 11.9 Å². The average Bonchev–Trinajstić information content (AvgIpc) is 3.22. The Hall–Kier alpha value is -2.11. The smallest absolute Gasteiger partial charge is 0.223 e. The fourth-order valence-corrected chi connectivity index (χ4v) is 3.82. The van der Waals surface area contributed by atoms with Gasteiger partial charge in [-0.05, 0) is 40.0 Å². The fourth-order valence-electron chi connectivity index (χ4n) is 3.82. The van der Waals surface area contributed by atoms with Gasteiger partial charge in [0.05, 0.1) is 11.7 Å². The summed E-state index contributed by atoms with van der Waals surface area (Å²) in [4.78, 5) is 19.0. The number of hydrogen-bond acceptors (Lipinski definition) is 3. The molecule has 1 saturated heterocycles. The van der Waals surface area contributed by atoms with Gasteiger partial charge in [-0.2, -0.15) is 5.10 Å². The van der Waals surface area contributed by atoms with Crippen LogP contribution in [0.5, 0.6) is 0 Å². The minimum Gasteiger partial charge on any atom is -0.336 e. The average molecular weight is 329 g/mol. The summed E-state index contributed by atoms with van der Waals surface area (Å²) >= 11 is 0. The molecule has 2 aromatic heterocycles. The lowest BCUT2D eigenvalue weighted by Crippen LogP contribution is -2.31. The summed E-state index contributed by atoms with van der Waals surface area (Å²) in [6.07, 6.45) is 7.34. The molecule has 0 spiro atoms. The van der Waals surface area contributed by atoms with Crippen molar-refractivity contribution in [2.45, 2.75) is 59.0 Å². The minimum atomic E-state index is 0.196. The first-order chi connectivity index (χ1) is 11.5. The zero-order valence-electron chi connectivity index (χ0n) is 15.1. The highest BCUT2D eigenvalue weighted by Crippen LogP contribution is 2.35. The Morgan fingerprint density at radius 2 is 2.12 bits per heavy atom. The quantitative estimate of drug-likeness (QED) is 0.847. The van der Waals surface area contributed by atoms with Crippen molar-refractivity contribution in [1.82, 2.24) is 24.2 Å². The Labute approximate surface area is 143 Å². The summed E-state index contributed by atoms with van der Waals surface area (Å²) in [6, 6.07) is 0.196. The van der Waals surface area contributed by atoms with Crippen molar-refractivity contribution in [1.29, 1.82) is 0 Å². The molecule has 0 radical (unpaired) electrons. The number of carbonyl (C=O) groups excluding carboxylic acids is 1. The third-order valence-corrected chi connectivity index (χ3v) is 5.18. The lowest BCUT2D eigenvalue weighted by molar-refractivity contribution is -0.132. The highest BCUT2D eigenvalue weighted by Gasteiger charge is 2.33. The van der Waals surface area contributed by atoms with E-state index in [1.165, 1.54) is 11.3 Å². The van der Waals surface area contributed by atoms with E-state index in [9.17, 15) is 4.79 Å². The Kier molecular flexibility index (Phi) is 4.73. The summed E-state index contributed by atoms with van der Waals surface area (Å²) in [5.74, 6) is 1.26. The zero-order valence-corrected chi connectivity index (χ0v) is 15.1. The normalized spacial score (nSPS) is 17.7. The lowest BCUT2D eigenvalue weighted by atomic mass is 10.0. The van der Waals surface area contributed by atoms with Gasteiger partial charge in [-0.15, -0.1) is 0 Å². The van der Waals surface area contributed by atoms with Crippen molar-refractivity contribution < 1.29 is 4.79 Å². The molecule has 6 heteroatoms. The van der Waals surface area contributed by atoms with Crippen LogP contribution in [0.25, 0.3) is 0 Å². The van der Waals surface area contributed by atoms with E-state index in [0.29, 0.717) is 6.42 Å². The molecule has 3 heterocycles. The molecule has 130 valence electrons. The van der Waals surface area contributed by atoms with Crippen molar-refractivity contribution in [3.05, 3.63) is 35.2 Å². The largest absolute Gasteiger partial charge is 0.336 e. The van der Waals surface area contributed by atoms with E-state index < -0.39 is 0 Å². The van der Waals surface area contributed by atoms with Crippen LogP contribution in [0.15, 0.2) is 12.4 Å². The van der Waals surface area contributed by atoms with E-state index in [0.717, 1.165) is 43.9 Å². The summed E-state index contributed by atoms with van der Waals surface area (Å²) in [5.41, 5.74) is 3.47. The first-order valence-electron chi connectivity index (χ1n) is 8.76. The van der Waals surface area contributed by atoms with Crippen LogP contribution in [0, 0.1) is 20.8 Å². The Balaban J connectivity index is 1.64. The van der Waals surface area contributed by atoms with Crippen LogP contribution in [-0.2, 0) is 18.4 Å². The lowest BCUT2D eigenvalue weighted by Gasteiger charge is -2.25. The number of amides is 1. The van der Waals surface area contributed by atoms with Gasteiger partial charge in [0.15, 0.2) is 0 Å². The second kappa shape index (κ2) is 6.79. The molecule has 1 fully saturated rings. The van der Waals surface area contributed by atoms with Gasteiger partial charge in [-0.1, -0.05) is 0 Å². The van der Waals surface area contributed by atoms with Crippen LogP contribution < -0.4 is 0 Å². The van der Waals surface area contributed by atoms with E-state index >= 15 is 0 Å². The second-order valence-electron chi connectivity index (χ2n) is 6.72. The number of likely N-dealkylation sites (tertiary alicyclic amines) is 1. The van der Waals surface area contributed by atoms with Crippen molar-refractivity contribution >= 4 is 5.91 Å². The SMILES string of the molecule is Cc1nn(C)c(C)c1[C@@H]1CCCN1C(=O)CCCn1ccnc1C. The van der Waals surface area contributed by atoms with Gasteiger partial charge in [0.25, 0.3) is 0 Å². The molecule has 0 bridgehead atoms. The molecule has 1 amide bonds. The summed E-state index contributed by atoms with van der Waals surface area (Å²) in [6.45, 7) is 7.85. The van der Waals surface area contributed by atoms with Gasteiger partial charge in [0, 0.05) is 50.2 Å². The third-order valence-electron chi connectivity index (χ3n) is 5.18. The monoisotopic (exact) mass is 329 g/mol. The highest BCUT2D eigenvalue weighted by atomic mass is 16.2. The summed E-state index contributed by atoms with van der Waals surface area (Å²) < 4.78 is 4.03. The molecule has 0 saturated carbocycles. The molecule has 0 aromatic carbocycles. The van der Waals surface area contributed by atoms with E-state index in [4.69, 9.17) is 0 Å². The van der Waals surface area contributed by atoms with Gasteiger partial charge in [0.2, 0.25) is 5.91 Å². The molecule has 1 aliphatic heterocycles. The number of rotatable bonds is 5. The molecule has 1 atom stereocenters. The topological polar surface area (TPSA) is 56.0 Å². The van der Waals surface area contributed by atoms with Crippen molar-refractivity contribution in [2.24, 2.45) is 7.05 Å². The Bertz CT molecular complexity index is 730. The first kappa shape index (κ1) is 16.7. The van der Waals surface area contributed by atoms with E-state index in [1.807, 2.05) is 38.0 Å². The van der Waals surface area contributed by atoms with Crippen LogP contribution in [0.2, 0.25) is 0 Å². The molecule has 0 aliphatic carbocycles. The van der Waals surface area contributed by atoms with Crippen LogP contribution in [0.1, 0.15) is 54.5 Å². The third kappa shape index (κ3) is 3.09. The number of aryl methyl sites for hydroxylation is 4. The number of nitrogens with zero attached hydrogens (tertiary/aromatic N) is 5. The van der Waals surface area contributed by atoms with Crippen LogP contribution in [0.3, 0.4) is 0 Å². The Morgan fingerprint density at radius 3 is 2.75 bits per heavy atom.